The lowest BCUT2D eigenvalue weighted by atomic mass is 10.2. The molecule has 0 unspecified atom stereocenters. The van der Waals surface area contributed by atoms with E-state index in [2.05, 4.69) is 15.5 Å². The minimum atomic E-state index is -0.497. The van der Waals surface area contributed by atoms with Gasteiger partial charge in [-0.3, -0.25) is 14.2 Å². The Morgan fingerprint density at radius 1 is 1.23 bits per heavy atom. The normalized spacial score (nSPS) is 12.9. The zero-order valence-corrected chi connectivity index (χ0v) is 15.1. The number of hydrogen-bond acceptors (Lipinski definition) is 6. The SMILES string of the molecule is CCOCCCNC(=O)c1nnc2n(c1=O)CCN2c1ccc(C)cc1. The summed E-state index contributed by atoms with van der Waals surface area (Å²) in [5.41, 5.74) is 1.53. The van der Waals surface area contributed by atoms with E-state index < -0.39 is 11.5 Å². The Kier molecular flexibility index (Phi) is 5.62. The third-order valence-corrected chi connectivity index (χ3v) is 4.23. The van der Waals surface area contributed by atoms with E-state index in [0.717, 1.165) is 11.3 Å². The fourth-order valence-electron chi connectivity index (χ4n) is 2.83. The summed E-state index contributed by atoms with van der Waals surface area (Å²) in [6, 6.07) is 7.98. The number of aromatic nitrogens is 3. The Labute approximate surface area is 151 Å². The van der Waals surface area contributed by atoms with Crippen molar-refractivity contribution in [3.8, 4) is 0 Å². The minimum absolute atomic E-state index is 0.170. The molecular formula is C18H23N5O3. The largest absolute Gasteiger partial charge is 0.382 e. The maximum Gasteiger partial charge on any atom is 0.286 e. The number of benzene rings is 1. The van der Waals surface area contributed by atoms with Crippen molar-refractivity contribution in [3.05, 3.63) is 45.9 Å². The Morgan fingerprint density at radius 3 is 2.73 bits per heavy atom. The molecule has 0 atom stereocenters. The van der Waals surface area contributed by atoms with Crippen LogP contribution in [0.4, 0.5) is 11.6 Å². The molecule has 1 aromatic carbocycles. The van der Waals surface area contributed by atoms with E-state index in [4.69, 9.17) is 4.74 Å². The van der Waals surface area contributed by atoms with Gasteiger partial charge >= 0.3 is 0 Å². The van der Waals surface area contributed by atoms with E-state index in [1.54, 1.807) is 0 Å². The molecule has 3 rings (SSSR count). The number of carbonyl (C=O) groups is 1. The van der Waals surface area contributed by atoms with Crippen LogP contribution >= 0.6 is 0 Å². The molecule has 1 amide bonds. The second kappa shape index (κ2) is 8.09. The number of nitrogens with zero attached hydrogens (tertiary/aromatic N) is 4. The smallest absolute Gasteiger partial charge is 0.286 e. The molecule has 1 N–H and O–H groups in total. The van der Waals surface area contributed by atoms with Crippen molar-refractivity contribution >= 4 is 17.5 Å². The zero-order chi connectivity index (χ0) is 18.5. The third-order valence-electron chi connectivity index (χ3n) is 4.23. The van der Waals surface area contributed by atoms with Gasteiger partial charge in [0, 0.05) is 38.5 Å². The maximum atomic E-state index is 12.6. The van der Waals surface area contributed by atoms with Crippen molar-refractivity contribution in [2.24, 2.45) is 0 Å². The van der Waals surface area contributed by atoms with E-state index in [-0.39, 0.29) is 5.69 Å². The van der Waals surface area contributed by atoms with Gasteiger partial charge in [-0.1, -0.05) is 17.7 Å². The van der Waals surface area contributed by atoms with Crippen LogP contribution in [0, 0.1) is 6.92 Å². The number of nitrogens with one attached hydrogen (secondary N) is 1. The first-order chi connectivity index (χ1) is 12.6. The van der Waals surface area contributed by atoms with Crippen molar-refractivity contribution in [3.63, 3.8) is 0 Å². The molecule has 0 bridgehead atoms. The average molecular weight is 357 g/mol. The van der Waals surface area contributed by atoms with E-state index in [0.29, 0.717) is 45.2 Å². The second-order valence-corrected chi connectivity index (χ2v) is 6.10. The Morgan fingerprint density at radius 2 is 2.00 bits per heavy atom. The number of fused-ring (bicyclic) bond motifs is 1. The summed E-state index contributed by atoms with van der Waals surface area (Å²) >= 11 is 0. The number of carbonyl (C=O) groups excluding carboxylic acids is 1. The van der Waals surface area contributed by atoms with Crippen LogP contribution in [0.25, 0.3) is 0 Å². The van der Waals surface area contributed by atoms with Crippen molar-refractivity contribution in [2.45, 2.75) is 26.8 Å². The monoisotopic (exact) mass is 357 g/mol. The van der Waals surface area contributed by atoms with Crippen LogP contribution in [0.15, 0.2) is 29.1 Å². The summed E-state index contributed by atoms with van der Waals surface area (Å²) in [5, 5.41) is 10.7. The predicted octanol–water partition coefficient (Wildman–Crippen LogP) is 1.25. The van der Waals surface area contributed by atoms with Crippen LogP contribution in [0.5, 0.6) is 0 Å². The van der Waals surface area contributed by atoms with Gasteiger partial charge in [-0.05, 0) is 32.4 Å². The van der Waals surface area contributed by atoms with Gasteiger partial charge in [-0.25, -0.2) is 0 Å². The average Bonchev–Trinajstić information content (AvgIpc) is 3.07. The molecule has 0 spiro atoms. The molecule has 8 heteroatoms. The number of anilines is 2. The van der Waals surface area contributed by atoms with Crippen molar-refractivity contribution in [2.75, 3.05) is 31.2 Å². The molecule has 2 heterocycles. The highest BCUT2D eigenvalue weighted by atomic mass is 16.5. The lowest BCUT2D eigenvalue weighted by Gasteiger charge is -2.16. The van der Waals surface area contributed by atoms with Gasteiger partial charge in [0.15, 0.2) is 0 Å². The van der Waals surface area contributed by atoms with Gasteiger partial charge in [-0.2, -0.15) is 0 Å². The van der Waals surface area contributed by atoms with E-state index in [9.17, 15) is 9.59 Å². The van der Waals surface area contributed by atoms with Crippen LogP contribution < -0.4 is 15.8 Å². The summed E-state index contributed by atoms with van der Waals surface area (Å²) in [6.45, 7) is 6.66. The highest BCUT2D eigenvalue weighted by molar-refractivity contribution is 5.91. The van der Waals surface area contributed by atoms with Crippen LogP contribution in [0.3, 0.4) is 0 Å². The fraction of sp³-hybridized carbons (Fsp3) is 0.444. The van der Waals surface area contributed by atoms with Gasteiger partial charge in [0.1, 0.15) is 0 Å². The molecule has 26 heavy (non-hydrogen) atoms. The van der Waals surface area contributed by atoms with E-state index in [1.807, 2.05) is 43.0 Å². The van der Waals surface area contributed by atoms with E-state index in [1.165, 1.54) is 4.57 Å². The Bertz CT molecular complexity index is 832. The lowest BCUT2D eigenvalue weighted by Crippen LogP contribution is -2.35. The van der Waals surface area contributed by atoms with Gasteiger partial charge in [0.25, 0.3) is 11.5 Å². The number of amides is 1. The summed E-state index contributed by atoms with van der Waals surface area (Å²) in [4.78, 5) is 26.8. The standard InChI is InChI=1S/C18H23N5O3/c1-3-26-12-4-9-19-16(24)15-17(25)23-11-10-22(18(23)21-20-15)14-7-5-13(2)6-8-14/h5-8H,3-4,9-12H2,1-2H3,(H,19,24). The van der Waals surface area contributed by atoms with Crippen molar-refractivity contribution in [1.82, 2.24) is 20.1 Å². The second-order valence-electron chi connectivity index (χ2n) is 6.10. The summed E-state index contributed by atoms with van der Waals surface area (Å²) in [7, 11) is 0. The highest BCUT2D eigenvalue weighted by Crippen LogP contribution is 2.26. The molecule has 0 saturated heterocycles. The minimum Gasteiger partial charge on any atom is -0.382 e. The van der Waals surface area contributed by atoms with Crippen molar-refractivity contribution in [1.29, 1.82) is 0 Å². The Balaban J connectivity index is 1.74. The first kappa shape index (κ1) is 18.1. The number of aryl methyl sites for hydroxylation is 1. The fourth-order valence-corrected chi connectivity index (χ4v) is 2.83. The quantitative estimate of drug-likeness (QED) is 0.751. The molecule has 0 saturated carbocycles. The lowest BCUT2D eigenvalue weighted by molar-refractivity contribution is 0.0936. The van der Waals surface area contributed by atoms with Crippen LogP contribution in [0.2, 0.25) is 0 Å². The number of hydrogen-bond donors (Lipinski definition) is 1. The van der Waals surface area contributed by atoms with Gasteiger partial charge in [0.05, 0.1) is 0 Å². The van der Waals surface area contributed by atoms with Gasteiger partial charge < -0.3 is 15.0 Å². The molecule has 1 aromatic heterocycles. The summed E-state index contributed by atoms with van der Waals surface area (Å²) in [5.74, 6) is -0.0326. The summed E-state index contributed by atoms with van der Waals surface area (Å²) in [6.07, 6.45) is 0.681. The molecular weight excluding hydrogens is 334 g/mol. The molecule has 0 radical (unpaired) electrons. The summed E-state index contributed by atoms with van der Waals surface area (Å²) < 4.78 is 6.72. The molecule has 8 nitrogen and oxygen atoms in total. The topological polar surface area (TPSA) is 89.3 Å². The van der Waals surface area contributed by atoms with Crippen LogP contribution in [0.1, 0.15) is 29.4 Å². The third kappa shape index (κ3) is 3.75. The molecule has 1 aliphatic rings. The van der Waals surface area contributed by atoms with Gasteiger partial charge in [0.2, 0.25) is 11.6 Å². The predicted molar refractivity (Wildman–Crippen MR) is 97.9 cm³/mol. The van der Waals surface area contributed by atoms with Gasteiger partial charge in [-0.15, -0.1) is 10.2 Å². The van der Waals surface area contributed by atoms with E-state index >= 15 is 0 Å². The number of rotatable bonds is 7. The van der Waals surface area contributed by atoms with Crippen LogP contribution in [-0.4, -0.2) is 47.0 Å². The maximum absolute atomic E-state index is 12.6. The van der Waals surface area contributed by atoms with Crippen molar-refractivity contribution < 1.29 is 9.53 Å². The molecule has 0 aliphatic carbocycles. The highest BCUT2D eigenvalue weighted by Gasteiger charge is 2.27. The first-order valence-electron chi connectivity index (χ1n) is 8.79. The molecule has 2 aromatic rings. The van der Waals surface area contributed by atoms with Crippen LogP contribution in [-0.2, 0) is 11.3 Å². The Hall–Kier alpha value is -2.74. The number of ether oxygens (including phenoxy) is 1. The molecule has 0 fully saturated rings. The molecule has 1 aliphatic heterocycles. The molecule has 138 valence electrons. The zero-order valence-electron chi connectivity index (χ0n) is 15.1. The first-order valence-corrected chi connectivity index (χ1v) is 8.79.